The van der Waals surface area contributed by atoms with Crippen LogP contribution >= 0.6 is 11.3 Å². The standard InChI is InChI=1S/C7H7NO6S2/c1-14-6(9)5-3-4(8(10)11)7(15-5)16(2,12)13/h3H,1-2H3. The maximum Gasteiger partial charge on any atom is 0.348 e. The van der Waals surface area contributed by atoms with E-state index in [1.54, 1.807) is 0 Å². The zero-order valence-corrected chi connectivity index (χ0v) is 9.92. The van der Waals surface area contributed by atoms with Crippen LogP contribution in [0.25, 0.3) is 0 Å². The van der Waals surface area contributed by atoms with Gasteiger partial charge in [0.1, 0.15) is 4.88 Å². The molecule has 0 saturated carbocycles. The quantitative estimate of drug-likeness (QED) is 0.456. The van der Waals surface area contributed by atoms with Gasteiger partial charge in [0.05, 0.1) is 12.0 Å². The molecule has 7 nitrogen and oxygen atoms in total. The average Bonchev–Trinajstić information content (AvgIpc) is 2.60. The molecule has 1 heterocycles. The molecule has 0 aromatic carbocycles. The van der Waals surface area contributed by atoms with Gasteiger partial charge in [0, 0.05) is 12.3 Å². The average molecular weight is 265 g/mol. The van der Waals surface area contributed by atoms with Gasteiger partial charge in [-0.25, -0.2) is 13.2 Å². The summed E-state index contributed by atoms with van der Waals surface area (Å²) in [7, 11) is -2.63. The maximum absolute atomic E-state index is 11.2. The zero-order valence-electron chi connectivity index (χ0n) is 8.29. The van der Waals surface area contributed by atoms with Crippen molar-refractivity contribution < 1.29 is 22.9 Å². The fourth-order valence-corrected chi connectivity index (χ4v) is 3.12. The molecule has 0 aliphatic rings. The van der Waals surface area contributed by atoms with Crippen molar-refractivity contribution in [2.45, 2.75) is 4.21 Å². The van der Waals surface area contributed by atoms with Crippen LogP contribution in [0.1, 0.15) is 9.67 Å². The molecule has 0 radical (unpaired) electrons. The molecule has 0 atom stereocenters. The van der Waals surface area contributed by atoms with Crippen LogP contribution in [-0.4, -0.2) is 32.7 Å². The van der Waals surface area contributed by atoms with Crippen molar-refractivity contribution in [3.63, 3.8) is 0 Å². The van der Waals surface area contributed by atoms with E-state index < -0.39 is 30.6 Å². The van der Waals surface area contributed by atoms with Gasteiger partial charge >= 0.3 is 5.97 Å². The highest BCUT2D eigenvalue weighted by Gasteiger charge is 2.28. The van der Waals surface area contributed by atoms with Gasteiger partial charge in [0.2, 0.25) is 0 Å². The number of ether oxygens (including phenoxy) is 1. The number of nitrogens with zero attached hydrogens (tertiary/aromatic N) is 1. The van der Waals surface area contributed by atoms with Gasteiger partial charge in [0.15, 0.2) is 14.0 Å². The van der Waals surface area contributed by atoms with Crippen LogP contribution in [0.2, 0.25) is 0 Å². The Balaban J connectivity index is 3.44. The second kappa shape index (κ2) is 4.18. The fourth-order valence-electron chi connectivity index (χ4n) is 0.959. The van der Waals surface area contributed by atoms with Gasteiger partial charge in [-0.15, -0.1) is 11.3 Å². The smallest absolute Gasteiger partial charge is 0.348 e. The molecule has 1 rings (SSSR count). The van der Waals surface area contributed by atoms with Gasteiger partial charge in [-0.3, -0.25) is 10.1 Å². The molecular weight excluding hydrogens is 258 g/mol. The van der Waals surface area contributed by atoms with E-state index in [1.807, 2.05) is 0 Å². The highest BCUT2D eigenvalue weighted by Crippen LogP contribution is 2.33. The second-order valence-corrected chi connectivity index (χ2v) is 6.07. The molecule has 16 heavy (non-hydrogen) atoms. The topological polar surface area (TPSA) is 104 Å². The van der Waals surface area contributed by atoms with Crippen LogP contribution in [0, 0.1) is 10.1 Å². The number of nitro groups is 1. The Hall–Kier alpha value is -1.48. The molecule has 0 aliphatic heterocycles. The Morgan fingerprint density at radius 2 is 2.12 bits per heavy atom. The van der Waals surface area contributed by atoms with Crippen molar-refractivity contribution in [1.82, 2.24) is 0 Å². The molecule has 9 heteroatoms. The summed E-state index contributed by atoms with van der Waals surface area (Å²) < 4.78 is 26.4. The van der Waals surface area contributed by atoms with Gasteiger partial charge in [-0.2, -0.15) is 0 Å². The van der Waals surface area contributed by atoms with E-state index in [4.69, 9.17) is 0 Å². The first-order valence-electron chi connectivity index (χ1n) is 3.84. The molecular formula is C7H7NO6S2. The zero-order chi connectivity index (χ0) is 12.5. The first-order valence-corrected chi connectivity index (χ1v) is 6.54. The van der Waals surface area contributed by atoms with Crippen LogP contribution < -0.4 is 0 Å². The van der Waals surface area contributed by atoms with E-state index in [0.29, 0.717) is 11.3 Å². The number of esters is 1. The lowest BCUT2D eigenvalue weighted by molar-refractivity contribution is -0.387. The SMILES string of the molecule is COC(=O)c1cc([N+](=O)[O-])c(S(C)(=O)=O)s1. The predicted molar refractivity (Wildman–Crippen MR) is 55.4 cm³/mol. The van der Waals surface area contributed by atoms with Crippen LogP contribution in [0.5, 0.6) is 0 Å². The second-order valence-electron chi connectivity index (χ2n) is 2.80. The van der Waals surface area contributed by atoms with E-state index in [2.05, 4.69) is 4.74 Å². The van der Waals surface area contributed by atoms with Crippen molar-refractivity contribution in [1.29, 1.82) is 0 Å². The molecule has 0 fully saturated rings. The van der Waals surface area contributed by atoms with Gasteiger partial charge < -0.3 is 4.74 Å². The third-order valence-electron chi connectivity index (χ3n) is 1.60. The molecule has 0 aliphatic carbocycles. The normalized spacial score (nSPS) is 11.1. The lowest BCUT2D eigenvalue weighted by Gasteiger charge is -1.92. The van der Waals surface area contributed by atoms with Gasteiger partial charge in [-0.05, 0) is 0 Å². The Kier molecular flexibility index (Phi) is 3.29. The lowest BCUT2D eigenvalue weighted by atomic mass is 10.4. The summed E-state index contributed by atoms with van der Waals surface area (Å²) in [6.07, 6.45) is 0.840. The van der Waals surface area contributed by atoms with E-state index in [0.717, 1.165) is 19.4 Å². The number of carbonyl (C=O) groups excluding carboxylic acids is 1. The van der Waals surface area contributed by atoms with Crippen molar-refractivity contribution in [2.75, 3.05) is 13.4 Å². The van der Waals surface area contributed by atoms with Crippen LogP contribution in [0.15, 0.2) is 10.3 Å². The molecule has 0 bridgehead atoms. The van der Waals surface area contributed by atoms with E-state index in [1.165, 1.54) is 0 Å². The van der Waals surface area contributed by atoms with Gasteiger partial charge in [0.25, 0.3) is 5.69 Å². The summed E-state index contributed by atoms with van der Waals surface area (Å²) in [5.74, 6) is -0.803. The molecule has 88 valence electrons. The molecule has 0 spiro atoms. The van der Waals surface area contributed by atoms with Crippen LogP contribution in [-0.2, 0) is 14.6 Å². The number of hydrogen-bond acceptors (Lipinski definition) is 7. The number of sulfone groups is 1. The maximum atomic E-state index is 11.2. The Morgan fingerprint density at radius 3 is 2.44 bits per heavy atom. The summed E-state index contributed by atoms with van der Waals surface area (Å²) in [5.41, 5.74) is -0.604. The number of rotatable bonds is 3. The van der Waals surface area contributed by atoms with Crippen molar-refractivity contribution in [3.8, 4) is 0 Å². The number of hydrogen-bond donors (Lipinski definition) is 0. The molecule has 1 aromatic heterocycles. The number of carbonyl (C=O) groups is 1. The highest BCUT2D eigenvalue weighted by atomic mass is 32.2. The summed E-state index contributed by atoms with van der Waals surface area (Å²) in [4.78, 5) is 20.7. The molecule has 0 unspecified atom stereocenters. The Morgan fingerprint density at radius 1 is 1.56 bits per heavy atom. The van der Waals surface area contributed by atoms with Crippen LogP contribution in [0.3, 0.4) is 0 Å². The summed E-state index contributed by atoms with van der Waals surface area (Å²) in [5, 5.41) is 10.6. The molecule has 0 amide bonds. The minimum Gasteiger partial charge on any atom is -0.465 e. The van der Waals surface area contributed by atoms with Crippen molar-refractivity contribution in [2.24, 2.45) is 0 Å². The summed E-state index contributed by atoms with van der Waals surface area (Å²) in [6, 6.07) is 0.896. The van der Waals surface area contributed by atoms with Gasteiger partial charge in [-0.1, -0.05) is 0 Å². The minimum atomic E-state index is -3.73. The first kappa shape index (κ1) is 12.6. The van der Waals surface area contributed by atoms with Crippen molar-refractivity contribution >= 4 is 32.8 Å². The highest BCUT2D eigenvalue weighted by molar-refractivity contribution is 7.93. The third-order valence-corrected chi connectivity index (χ3v) is 4.54. The summed E-state index contributed by atoms with van der Waals surface area (Å²) >= 11 is 0.523. The van der Waals surface area contributed by atoms with Crippen LogP contribution in [0.4, 0.5) is 5.69 Å². The largest absolute Gasteiger partial charge is 0.465 e. The molecule has 1 aromatic rings. The summed E-state index contributed by atoms with van der Waals surface area (Å²) in [6.45, 7) is 0. The Bertz CT molecular complexity index is 543. The van der Waals surface area contributed by atoms with E-state index in [9.17, 15) is 23.3 Å². The monoisotopic (exact) mass is 265 g/mol. The first-order chi connectivity index (χ1) is 7.27. The van der Waals surface area contributed by atoms with Crippen molar-refractivity contribution in [3.05, 3.63) is 21.1 Å². The Labute approximate surface area is 94.7 Å². The number of methoxy groups -OCH3 is 1. The predicted octanol–water partition coefficient (Wildman–Crippen LogP) is 0.846. The fraction of sp³-hybridized carbons (Fsp3) is 0.286. The number of thiophene rings is 1. The van der Waals surface area contributed by atoms with E-state index >= 15 is 0 Å². The lowest BCUT2D eigenvalue weighted by Crippen LogP contribution is -1.98. The molecule has 0 N–H and O–H groups in total. The third kappa shape index (κ3) is 2.36. The minimum absolute atomic E-state index is 0.116. The molecule has 0 saturated heterocycles. The van der Waals surface area contributed by atoms with E-state index in [-0.39, 0.29) is 4.88 Å².